The maximum atomic E-state index is 6.62. The van der Waals surface area contributed by atoms with Gasteiger partial charge in [0.1, 0.15) is 17.9 Å². The number of aromatic nitrogens is 4. The number of fused-ring (bicyclic) bond motifs is 1. The van der Waals surface area contributed by atoms with Crippen molar-refractivity contribution in [2.45, 2.75) is 25.8 Å². The van der Waals surface area contributed by atoms with Crippen molar-refractivity contribution in [3.05, 3.63) is 39.3 Å². The monoisotopic (exact) mass is 444 g/mol. The molecule has 2 N–H and O–H groups in total. The van der Waals surface area contributed by atoms with Crippen LogP contribution < -0.4 is 10.5 Å². The van der Waals surface area contributed by atoms with E-state index in [1.54, 1.807) is 7.11 Å². The quantitative estimate of drug-likeness (QED) is 0.604. The highest BCUT2D eigenvalue weighted by Gasteiger charge is 2.34. The molecule has 0 saturated carbocycles. The Labute approximate surface area is 185 Å². The highest BCUT2D eigenvalue weighted by Crippen LogP contribution is 2.46. The van der Waals surface area contributed by atoms with Crippen molar-refractivity contribution in [3.8, 4) is 18.1 Å². The molecule has 1 fully saturated rings. The molecular weight excluding hydrogens is 423 g/mol. The van der Waals surface area contributed by atoms with E-state index in [9.17, 15) is 0 Å². The highest BCUT2D eigenvalue weighted by molar-refractivity contribution is 6.42. The Morgan fingerprint density at radius 1 is 1.37 bits per heavy atom. The Kier molecular flexibility index (Phi) is 5.49. The van der Waals surface area contributed by atoms with Gasteiger partial charge >= 0.3 is 0 Å². The van der Waals surface area contributed by atoms with Crippen LogP contribution in [-0.2, 0) is 0 Å². The number of ether oxygens (including phenoxy) is 1. The summed E-state index contributed by atoms with van der Waals surface area (Å²) in [4.78, 5) is 10.7. The molecular formula is C21H22Cl2N6O. The Morgan fingerprint density at radius 2 is 2.10 bits per heavy atom. The Morgan fingerprint density at radius 3 is 2.77 bits per heavy atom. The van der Waals surface area contributed by atoms with E-state index in [1.165, 1.54) is 6.33 Å². The molecule has 30 heavy (non-hydrogen) atoms. The Bertz CT molecular complexity index is 1160. The zero-order valence-corrected chi connectivity index (χ0v) is 18.5. The summed E-state index contributed by atoms with van der Waals surface area (Å²) in [6.07, 6.45) is 6.87. The van der Waals surface area contributed by atoms with Crippen LogP contribution in [0, 0.1) is 19.3 Å². The number of rotatable bonds is 5. The number of hydrogen-bond acceptors (Lipinski definition) is 6. The molecule has 0 unspecified atom stereocenters. The molecule has 1 aromatic carbocycles. The number of likely N-dealkylation sites (tertiary alicyclic amines) is 1. The molecule has 4 rings (SSSR count). The maximum Gasteiger partial charge on any atom is 0.164 e. The van der Waals surface area contributed by atoms with Gasteiger partial charge in [0.2, 0.25) is 0 Å². The second kappa shape index (κ2) is 7.95. The lowest BCUT2D eigenvalue weighted by Crippen LogP contribution is -2.45. The number of hydrogen-bond donors (Lipinski definition) is 1. The van der Waals surface area contributed by atoms with E-state index in [4.69, 9.17) is 40.1 Å². The lowest BCUT2D eigenvalue weighted by molar-refractivity contribution is 0.167. The first-order chi connectivity index (χ1) is 14.4. The number of nitrogens with zero attached hydrogens (tertiary/aromatic N) is 5. The minimum atomic E-state index is -0.221. The van der Waals surface area contributed by atoms with Gasteiger partial charge < -0.3 is 10.5 Å². The van der Waals surface area contributed by atoms with E-state index in [0.29, 0.717) is 33.8 Å². The van der Waals surface area contributed by atoms with Crippen molar-refractivity contribution < 1.29 is 4.74 Å². The molecule has 0 spiro atoms. The van der Waals surface area contributed by atoms with Gasteiger partial charge in [-0.2, -0.15) is 5.10 Å². The molecule has 0 bridgehead atoms. The largest absolute Gasteiger partial charge is 0.496 e. The molecule has 3 aromatic rings. The number of benzene rings is 1. The maximum absolute atomic E-state index is 6.62. The number of terminal acetylenes is 1. The molecule has 3 heterocycles. The summed E-state index contributed by atoms with van der Waals surface area (Å²) in [5.74, 6) is 3.98. The smallest absolute Gasteiger partial charge is 0.164 e. The summed E-state index contributed by atoms with van der Waals surface area (Å²) < 4.78 is 7.67. The minimum absolute atomic E-state index is 0.194. The number of halogens is 2. The molecule has 0 aliphatic carbocycles. The molecule has 7 nitrogen and oxygen atoms in total. The summed E-state index contributed by atoms with van der Waals surface area (Å²) in [6.45, 7) is 6.13. The van der Waals surface area contributed by atoms with E-state index in [2.05, 4.69) is 25.9 Å². The summed E-state index contributed by atoms with van der Waals surface area (Å²) >= 11 is 13.2. The van der Waals surface area contributed by atoms with Crippen molar-refractivity contribution in [1.82, 2.24) is 24.6 Å². The highest BCUT2D eigenvalue weighted by atomic mass is 35.5. The average molecular weight is 445 g/mol. The molecule has 2 aromatic heterocycles. The van der Waals surface area contributed by atoms with Gasteiger partial charge in [0.15, 0.2) is 5.65 Å². The summed E-state index contributed by atoms with van der Waals surface area (Å²) in [5, 5.41) is 6.41. The summed E-state index contributed by atoms with van der Waals surface area (Å²) in [7, 11) is 1.64. The molecule has 9 heteroatoms. The van der Waals surface area contributed by atoms with Crippen molar-refractivity contribution in [2.75, 3.05) is 32.5 Å². The third-order valence-electron chi connectivity index (χ3n) is 5.63. The lowest BCUT2D eigenvalue weighted by atomic mass is 9.88. The van der Waals surface area contributed by atoms with Gasteiger partial charge in [-0.3, -0.25) is 4.90 Å². The average Bonchev–Trinajstić information content (AvgIpc) is 3.04. The molecule has 1 atom stereocenters. The normalized spacial score (nSPS) is 15.7. The number of aryl methyl sites for hydroxylation is 1. The first-order valence-corrected chi connectivity index (χ1v) is 10.3. The van der Waals surface area contributed by atoms with E-state index in [1.807, 2.05) is 24.6 Å². The van der Waals surface area contributed by atoms with Crippen molar-refractivity contribution >= 4 is 40.1 Å². The van der Waals surface area contributed by atoms with Crippen molar-refractivity contribution in [1.29, 1.82) is 0 Å². The van der Waals surface area contributed by atoms with Crippen LogP contribution in [0.25, 0.3) is 11.0 Å². The van der Waals surface area contributed by atoms with Crippen molar-refractivity contribution in [3.63, 3.8) is 0 Å². The standard InChI is InChI=1S/C21H22Cl2N6O/c1-5-6-28-8-13(9-28)17-18(23)15(22)7-14(19(17)30-4)12(3)29-21-16(11(2)27-29)20(24)25-10-26-21/h1,7,10,12-13H,6,8-9H2,2-4H3,(H2,24,25,26)/t12-/m1/s1. The van der Waals surface area contributed by atoms with Crippen molar-refractivity contribution in [2.24, 2.45) is 0 Å². The zero-order valence-electron chi connectivity index (χ0n) is 17.0. The Hall–Kier alpha value is -2.53. The van der Waals surface area contributed by atoms with Gasteiger partial charge in [-0.05, 0) is 19.9 Å². The molecule has 0 amide bonds. The molecule has 1 aliphatic heterocycles. The van der Waals surface area contributed by atoms with Crippen LogP contribution in [0.4, 0.5) is 5.82 Å². The number of nitrogens with two attached hydrogens (primary N) is 1. The second-order valence-electron chi connectivity index (χ2n) is 7.47. The Balaban J connectivity index is 1.82. The fourth-order valence-electron chi connectivity index (χ4n) is 4.13. The molecule has 1 saturated heterocycles. The minimum Gasteiger partial charge on any atom is -0.496 e. The van der Waals surface area contributed by atoms with Gasteiger partial charge in [0.05, 0.1) is 40.8 Å². The second-order valence-corrected chi connectivity index (χ2v) is 8.25. The fraction of sp³-hybridized carbons (Fsp3) is 0.381. The molecule has 1 aliphatic rings. The van der Waals surface area contributed by atoms with Crippen LogP contribution >= 0.6 is 23.2 Å². The first kappa shape index (κ1) is 20.7. The summed E-state index contributed by atoms with van der Waals surface area (Å²) in [5.41, 5.74) is 9.25. The van der Waals surface area contributed by atoms with Crippen LogP contribution in [0.3, 0.4) is 0 Å². The van der Waals surface area contributed by atoms with Crippen LogP contribution in [0.5, 0.6) is 5.75 Å². The molecule has 156 valence electrons. The third kappa shape index (κ3) is 3.25. The fourth-order valence-corrected chi connectivity index (χ4v) is 4.65. The number of anilines is 1. The predicted octanol–water partition coefficient (Wildman–Crippen LogP) is 3.67. The number of methoxy groups -OCH3 is 1. The zero-order chi connectivity index (χ0) is 21.6. The van der Waals surface area contributed by atoms with Gasteiger partial charge in [0.25, 0.3) is 0 Å². The van der Waals surface area contributed by atoms with E-state index in [-0.39, 0.29) is 12.0 Å². The van der Waals surface area contributed by atoms with Crippen LogP contribution in [0.2, 0.25) is 10.0 Å². The summed E-state index contributed by atoms with van der Waals surface area (Å²) in [6, 6.07) is 1.61. The van der Waals surface area contributed by atoms with Gasteiger partial charge in [-0.15, -0.1) is 6.42 Å². The molecule has 0 radical (unpaired) electrons. The van der Waals surface area contributed by atoms with E-state index in [0.717, 1.165) is 35.3 Å². The topological polar surface area (TPSA) is 82.1 Å². The third-order valence-corrected chi connectivity index (χ3v) is 6.43. The SMILES string of the molecule is C#CCN1CC(c2c(Cl)c(Cl)cc([C@@H](C)n3nc(C)c4c(N)ncnc43)c2OC)C1. The van der Waals surface area contributed by atoms with Crippen LogP contribution in [-0.4, -0.2) is 51.4 Å². The van der Waals surface area contributed by atoms with Crippen LogP contribution in [0.15, 0.2) is 12.4 Å². The van der Waals surface area contributed by atoms with Gasteiger partial charge in [-0.25, -0.2) is 14.6 Å². The number of nitrogen functional groups attached to an aromatic ring is 1. The first-order valence-electron chi connectivity index (χ1n) is 9.54. The van der Waals surface area contributed by atoms with E-state index >= 15 is 0 Å². The van der Waals surface area contributed by atoms with Gasteiger partial charge in [0, 0.05) is 30.1 Å². The lowest BCUT2D eigenvalue weighted by Gasteiger charge is -2.39. The predicted molar refractivity (Wildman–Crippen MR) is 119 cm³/mol. The van der Waals surface area contributed by atoms with Crippen LogP contribution in [0.1, 0.15) is 35.7 Å². The van der Waals surface area contributed by atoms with Gasteiger partial charge in [-0.1, -0.05) is 29.1 Å². The van der Waals surface area contributed by atoms with E-state index < -0.39 is 0 Å².